The molecule has 0 aliphatic carbocycles. The summed E-state index contributed by atoms with van der Waals surface area (Å²) in [5.41, 5.74) is 5.30. The maximum Gasteiger partial charge on any atom is 0.294 e. The molecule has 3 N–H and O–H groups in total. The molecule has 8 heteroatoms. The minimum Gasteiger partial charge on any atom is -0.353 e. The third-order valence-corrected chi connectivity index (χ3v) is 1.52. The molecular weight excluding hydrogens is 198 g/mol. The summed E-state index contributed by atoms with van der Waals surface area (Å²) < 4.78 is 0. The second-order valence-corrected chi connectivity index (χ2v) is 2.50. The van der Waals surface area contributed by atoms with E-state index in [4.69, 9.17) is 5.73 Å². The normalized spacial score (nSPS) is 11.8. The molecule has 0 unspecified atom stereocenters. The molecule has 0 bridgehead atoms. The summed E-state index contributed by atoms with van der Waals surface area (Å²) >= 11 is 3.81. The third-order valence-electron chi connectivity index (χ3n) is 1.13. The molecule has 0 aromatic rings. The largest absolute Gasteiger partial charge is 0.353 e. The van der Waals surface area contributed by atoms with Gasteiger partial charge < -0.3 is 15.9 Å². The van der Waals surface area contributed by atoms with Crippen molar-refractivity contribution in [2.75, 3.05) is 18.9 Å². The summed E-state index contributed by atoms with van der Waals surface area (Å²) in [5, 5.41) is 11.1. The van der Waals surface area contributed by atoms with E-state index in [0.29, 0.717) is 0 Å². The maximum atomic E-state index is 10.9. The van der Waals surface area contributed by atoms with Gasteiger partial charge in [0.15, 0.2) is 0 Å². The first-order valence-electron chi connectivity index (χ1n) is 3.49. The van der Waals surface area contributed by atoms with Crippen LogP contribution in [0.3, 0.4) is 0 Å². The Kier molecular flexibility index (Phi) is 5.98. The van der Waals surface area contributed by atoms with Crippen LogP contribution in [0.4, 0.5) is 0 Å². The second kappa shape index (κ2) is 6.49. The summed E-state index contributed by atoms with van der Waals surface area (Å²) in [4.78, 5) is 24.5. The lowest BCUT2D eigenvalue weighted by Crippen LogP contribution is -2.43. The van der Waals surface area contributed by atoms with Crippen molar-refractivity contribution in [3.63, 3.8) is 0 Å². The van der Waals surface area contributed by atoms with Crippen LogP contribution in [0.1, 0.15) is 0 Å². The number of nitrogens with two attached hydrogens (primary N) is 1. The van der Waals surface area contributed by atoms with Gasteiger partial charge in [0.1, 0.15) is 6.61 Å². The topological polar surface area (TPSA) is 107 Å². The first-order chi connectivity index (χ1) is 6.07. The quantitative estimate of drug-likeness (QED) is 0.215. The van der Waals surface area contributed by atoms with Gasteiger partial charge in [0, 0.05) is 12.3 Å². The summed E-state index contributed by atoms with van der Waals surface area (Å²) in [6.07, 6.45) is 0. The van der Waals surface area contributed by atoms with E-state index in [2.05, 4.69) is 22.8 Å². The predicted octanol–water partition coefficient (Wildman–Crippen LogP) is -1.43. The van der Waals surface area contributed by atoms with E-state index in [1.54, 1.807) is 0 Å². The van der Waals surface area contributed by atoms with E-state index in [-0.39, 0.29) is 18.9 Å². The Labute approximate surface area is 80.1 Å². The van der Waals surface area contributed by atoms with Gasteiger partial charge in [-0.3, -0.25) is 4.79 Å². The molecule has 0 radical (unpaired) electrons. The van der Waals surface area contributed by atoms with Crippen LogP contribution in [0, 0.1) is 10.1 Å². The summed E-state index contributed by atoms with van der Waals surface area (Å²) in [7, 11) is 0. The number of hydrogen-bond acceptors (Lipinski definition) is 6. The van der Waals surface area contributed by atoms with Crippen LogP contribution in [-0.2, 0) is 9.63 Å². The first-order valence-corrected chi connectivity index (χ1v) is 4.12. The van der Waals surface area contributed by atoms with Gasteiger partial charge in [0.2, 0.25) is 5.91 Å². The molecule has 0 spiro atoms. The molecule has 0 fully saturated rings. The molecule has 0 aromatic carbocycles. The number of carbonyl (C=O) groups is 1. The summed E-state index contributed by atoms with van der Waals surface area (Å²) in [5.74, 6) is -0.177. The fourth-order valence-corrected chi connectivity index (χ4v) is 0.674. The van der Waals surface area contributed by atoms with Gasteiger partial charge in [-0.05, 0) is 0 Å². The number of nitrogens with zero attached hydrogens (tertiary/aromatic N) is 1. The number of hydrogen-bond donors (Lipinski definition) is 3. The van der Waals surface area contributed by atoms with Gasteiger partial charge in [-0.2, -0.15) is 12.6 Å². The smallest absolute Gasteiger partial charge is 0.294 e. The Bertz CT molecular complexity index is 189. The molecular formula is C5H11N3O4S. The van der Waals surface area contributed by atoms with Gasteiger partial charge in [0.25, 0.3) is 5.09 Å². The van der Waals surface area contributed by atoms with Gasteiger partial charge in [0.05, 0.1) is 6.04 Å². The van der Waals surface area contributed by atoms with Crippen molar-refractivity contribution >= 4 is 18.5 Å². The van der Waals surface area contributed by atoms with Crippen molar-refractivity contribution in [2.24, 2.45) is 5.73 Å². The van der Waals surface area contributed by atoms with Crippen molar-refractivity contribution in [2.45, 2.75) is 6.04 Å². The maximum absolute atomic E-state index is 10.9. The Balaban J connectivity index is 3.42. The van der Waals surface area contributed by atoms with E-state index in [0.717, 1.165) is 0 Å². The molecule has 0 aliphatic heterocycles. The lowest BCUT2D eigenvalue weighted by atomic mass is 10.3. The minimum absolute atomic E-state index is 0.0568. The molecule has 7 nitrogen and oxygen atoms in total. The number of thiol groups is 1. The van der Waals surface area contributed by atoms with E-state index in [9.17, 15) is 14.9 Å². The molecule has 0 saturated carbocycles. The zero-order chi connectivity index (χ0) is 10.3. The fraction of sp³-hybridized carbons (Fsp3) is 0.800. The SMILES string of the molecule is N[C@@H](CS)C(=O)NCCO[N+](=O)[O-]. The Morgan fingerprint density at radius 3 is 2.85 bits per heavy atom. The van der Waals surface area contributed by atoms with Gasteiger partial charge in [-0.15, -0.1) is 10.1 Å². The van der Waals surface area contributed by atoms with E-state index in [1.807, 2.05) is 0 Å². The third kappa shape index (κ3) is 6.17. The number of rotatable bonds is 6. The van der Waals surface area contributed by atoms with E-state index >= 15 is 0 Å². The highest BCUT2D eigenvalue weighted by molar-refractivity contribution is 7.80. The highest BCUT2D eigenvalue weighted by Gasteiger charge is 2.09. The predicted molar refractivity (Wildman–Crippen MR) is 47.8 cm³/mol. The van der Waals surface area contributed by atoms with Crippen LogP contribution in [-0.4, -0.2) is 35.9 Å². The van der Waals surface area contributed by atoms with Crippen molar-refractivity contribution in [3.05, 3.63) is 10.1 Å². The molecule has 1 atom stereocenters. The average molecular weight is 209 g/mol. The lowest BCUT2D eigenvalue weighted by molar-refractivity contribution is -0.757. The van der Waals surface area contributed by atoms with Crippen molar-refractivity contribution < 1.29 is 14.7 Å². The van der Waals surface area contributed by atoms with E-state index in [1.165, 1.54) is 0 Å². The van der Waals surface area contributed by atoms with Crippen LogP contribution in [0.2, 0.25) is 0 Å². The van der Waals surface area contributed by atoms with E-state index < -0.39 is 17.0 Å². The average Bonchev–Trinajstić information content (AvgIpc) is 2.10. The van der Waals surface area contributed by atoms with Gasteiger partial charge in [-0.25, -0.2) is 0 Å². The zero-order valence-electron chi connectivity index (χ0n) is 6.80. The second-order valence-electron chi connectivity index (χ2n) is 2.14. The monoisotopic (exact) mass is 209 g/mol. The summed E-state index contributed by atoms with van der Waals surface area (Å²) in [6.45, 7) is -0.126. The Morgan fingerprint density at radius 2 is 2.38 bits per heavy atom. The molecule has 0 aromatic heterocycles. The van der Waals surface area contributed by atoms with Crippen LogP contribution in [0.5, 0.6) is 0 Å². The molecule has 0 saturated heterocycles. The molecule has 13 heavy (non-hydrogen) atoms. The van der Waals surface area contributed by atoms with Crippen molar-refractivity contribution in [1.82, 2.24) is 5.32 Å². The highest BCUT2D eigenvalue weighted by atomic mass is 32.1. The molecule has 0 heterocycles. The minimum atomic E-state index is -0.926. The number of amides is 1. The highest BCUT2D eigenvalue weighted by Crippen LogP contribution is 1.82. The standard InChI is InChI=1S/C5H11N3O4S/c6-4(3-13)5(9)7-1-2-12-8(10)11/h4,13H,1-3,6H2,(H,7,9)/t4-/m0/s1. The number of nitrogens with one attached hydrogen (secondary N) is 1. The van der Waals surface area contributed by atoms with Crippen LogP contribution >= 0.6 is 12.6 Å². The van der Waals surface area contributed by atoms with Crippen molar-refractivity contribution in [3.8, 4) is 0 Å². The Morgan fingerprint density at radius 1 is 1.77 bits per heavy atom. The molecule has 0 rings (SSSR count). The van der Waals surface area contributed by atoms with Gasteiger partial charge >= 0.3 is 0 Å². The summed E-state index contributed by atoms with van der Waals surface area (Å²) in [6, 6.07) is -0.695. The van der Waals surface area contributed by atoms with Gasteiger partial charge in [-0.1, -0.05) is 0 Å². The van der Waals surface area contributed by atoms with Crippen LogP contribution < -0.4 is 11.1 Å². The first kappa shape index (κ1) is 12.0. The lowest BCUT2D eigenvalue weighted by Gasteiger charge is -2.08. The molecule has 0 aliphatic rings. The Hall–Kier alpha value is -1.02. The molecule has 76 valence electrons. The van der Waals surface area contributed by atoms with Crippen molar-refractivity contribution in [1.29, 1.82) is 0 Å². The molecule has 1 amide bonds. The zero-order valence-corrected chi connectivity index (χ0v) is 7.70. The fourth-order valence-electron chi connectivity index (χ4n) is 0.508. The van der Waals surface area contributed by atoms with Crippen LogP contribution in [0.25, 0.3) is 0 Å². The number of carbonyl (C=O) groups excluding carboxylic acids is 1. The van der Waals surface area contributed by atoms with Crippen LogP contribution in [0.15, 0.2) is 0 Å².